The second-order valence-corrected chi connectivity index (χ2v) is 12.0. The van der Waals surface area contributed by atoms with Crippen molar-refractivity contribution in [1.82, 2.24) is 14.9 Å². The number of ether oxygens (including phenoxy) is 3. The highest BCUT2D eigenvalue weighted by atomic mass is 16.5. The molecule has 8 nitrogen and oxygen atoms in total. The predicted octanol–water partition coefficient (Wildman–Crippen LogP) is 5.41. The van der Waals surface area contributed by atoms with E-state index < -0.39 is 5.97 Å². The zero-order valence-corrected chi connectivity index (χ0v) is 23.8. The molecule has 1 aromatic carbocycles. The third kappa shape index (κ3) is 5.84. The second kappa shape index (κ2) is 12.0. The van der Waals surface area contributed by atoms with Crippen molar-refractivity contribution in [2.45, 2.75) is 56.1 Å². The Balaban J connectivity index is 0.947. The lowest BCUT2D eigenvalue weighted by molar-refractivity contribution is -0.0566. The Bertz CT molecular complexity index is 1460. The Morgan fingerprint density at radius 3 is 2.60 bits per heavy atom. The summed E-state index contributed by atoms with van der Waals surface area (Å²) in [6.07, 6.45) is 8.57. The fraction of sp³-hybridized carbons (Fsp3) is 0.441. The van der Waals surface area contributed by atoms with E-state index in [4.69, 9.17) is 19.2 Å². The smallest absolute Gasteiger partial charge is 0.335 e. The highest BCUT2D eigenvalue weighted by Gasteiger charge is 2.33. The number of likely N-dealkylation sites (tertiary alicyclic amines) is 1. The summed E-state index contributed by atoms with van der Waals surface area (Å²) in [6, 6.07) is 15.8. The molecule has 4 aliphatic rings. The first-order valence-electron chi connectivity index (χ1n) is 15.1. The maximum Gasteiger partial charge on any atom is 0.335 e. The molecule has 3 aliphatic heterocycles. The van der Waals surface area contributed by atoms with E-state index in [-0.39, 0.29) is 12.0 Å². The van der Waals surface area contributed by atoms with Crippen molar-refractivity contribution in [3.63, 3.8) is 0 Å². The van der Waals surface area contributed by atoms with Gasteiger partial charge < -0.3 is 19.3 Å². The summed E-state index contributed by atoms with van der Waals surface area (Å²) in [5.74, 6) is 0.859. The molecule has 1 aliphatic carbocycles. The standard InChI is InChI=1S/C34H37N3O5/c38-34(39)24-5-4-23-14-26(31(30(23)15-24)16-29-10-13-41-29)18-37-11-8-22(9-12-37)32-2-1-3-33(36-32)42-21-28-7-6-25(17-35-28)27-19-40-20-27/h1-7,14-15,17,22,27,29,31H,8-13,16,18-21H2,(H,38,39)/t29-,31?/m0/s1. The van der Waals surface area contributed by atoms with E-state index >= 15 is 0 Å². The lowest BCUT2D eigenvalue weighted by Gasteiger charge is -2.34. The summed E-state index contributed by atoms with van der Waals surface area (Å²) in [7, 11) is 0. The van der Waals surface area contributed by atoms with E-state index in [1.54, 1.807) is 6.07 Å². The minimum atomic E-state index is -0.875. The number of hydrogen-bond donors (Lipinski definition) is 1. The number of fused-ring (bicyclic) bond motifs is 1. The Morgan fingerprint density at radius 2 is 1.90 bits per heavy atom. The van der Waals surface area contributed by atoms with Gasteiger partial charge in [0.15, 0.2) is 0 Å². The summed E-state index contributed by atoms with van der Waals surface area (Å²) in [5.41, 5.74) is 7.22. The number of aromatic carboxylic acids is 1. The van der Waals surface area contributed by atoms with Crippen molar-refractivity contribution >= 4 is 12.0 Å². The molecule has 1 N–H and O–H groups in total. The predicted molar refractivity (Wildman–Crippen MR) is 158 cm³/mol. The van der Waals surface area contributed by atoms with Gasteiger partial charge in [-0.15, -0.1) is 0 Å². The van der Waals surface area contributed by atoms with Gasteiger partial charge in [-0.05, 0) is 85.3 Å². The molecule has 5 heterocycles. The highest BCUT2D eigenvalue weighted by molar-refractivity contribution is 5.89. The molecular weight excluding hydrogens is 530 g/mol. The van der Waals surface area contributed by atoms with Gasteiger partial charge in [-0.2, -0.15) is 0 Å². The average Bonchev–Trinajstić information content (AvgIpc) is 3.30. The van der Waals surface area contributed by atoms with E-state index in [1.165, 1.54) is 11.1 Å². The van der Waals surface area contributed by atoms with E-state index in [9.17, 15) is 9.90 Å². The van der Waals surface area contributed by atoms with Crippen LogP contribution in [0.25, 0.3) is 6.08 Å². The van der Waals surface area contributed by atoms with Gasteiger partial charge in [0, 0.05) is 48.9 Å². The van der Waals surface area contributed by atoms with Crippen LogP contribution in [0.15, 0.2) is 60.3 Å². The molecule has 0 saturated carbocycles. The van der Waals surface area contributed by atoms with Crippen molar-refractivity contribution in [3.05, 3.63) is 93.9 Å². The van der Waals surface area contributed by atoms with Crippen molar-refractivity contribution < 1.29 is 24.1 Å². The van der Waals surface area contributed by atoms with Gasteiger partial charge in [-0.25, -0.2) is 9.78 Å². The molecule has 7 rings (SSSR count). The minimum Gasteiger partial charge on any atom is -0.478 e. The van der Waals surface area contributed by atoms with Crippen molar-refractivity contribution in [3.8, 4) is 5.88 Å². The monoisotopic (exact) mass is 567 g/mol. The van der Waals surface area contributed by atoms with E-state index in [2.05, 4.69) is 28.1 Å². The molecule has 0 amide bonds. The number of carbonyl (C=O) groups is 1. The highest BCUT2D eigenvalue weighted by Crippen LogP contribution is 2.42. The van der Waals surface area contributed by atoms with Crippen LogP contribution in [0.2, 0.25) is 0 Å². The molecule has 2 aromatic heterocycles. The van der Waals surface area contributed by atoms with E-state index in [0.717, 1.165) is 87.7 Å². The summed E-state index contributed by atoms with van der Waals surface area (Å²) in [6.45, 7) is 5.69. The van der Waals surface area contributed by atoms with Crippen molar-refractivity contribution in [1.29, 1.82) is 0 Å². The first kappa shape index (κ1) is 27.3. The number of carboxylic acid groups (broad SMARTS) is 1. The number of hydrogen-bond acceptors (Lipinski definition) is 7. The molecule has 3 saturated heterocycles. The lowest BCUT2D eigenvalue weighted by atomic mass is 9.86. The van der Waals surface area contributed by atoms with Gasteiger partial charge in [-0.1, -0.05) is 24.3 Å². The molecule has 3 aromatic rings. The number of aromatic nitrogens is 2. The fourth-order valence-electron chi connectivity index (χ4n) is 6.53. The van der Waals surface area contributed by atoms with Crippen LogP contribution in [0, 0.1) is 0 Å². The topological polar surface area (TPSA) is 94.0 Å². The van der Waals surface area contributed by atoms with Crippen LogP contribution in [-0.2, 0) is 16.1 Å². The summed E-state index contributed by atoms with van der Waals surface area (Å²) >= 11 is 0. The summed E-state index contributed by atoms with van der Waals surface area (Å²) < 4.78 is 17.1. The Hall–Kier alpha value is -3.59. The molecule has 3 fully saturated rings. The largest absolute Gasteiger partial charge is 0.478 e. The number of rotatable bonds is 10. The summed E-state index contributed by atoms with van der Waals surface area (Å²) in [4.78, 5) is 23.6. The molecule has 8 heteroatoms. The Morgan fingerprint density at radius 1 is 1.05 bits per heavy atom. The second-order valence-electron chi connectivity index (χ2n) is 12.0. The van der Waals surface area contributed by atoms with Crippen molar-refractivity contribution in [2.75, 3.05) is 39.5 Å². The maximum atomic E-state index is 11.6. The normalized spacial score (nSPS) is 22.6. The Kier molecular flexibility index (Phi) is 7.76. The molecule has 42 heavy (non-hydrogen) atoms. The fourth-order valence-corrected chi connectivity index (χ4v) is 6.53. The molecule has 0 radical (unpaired) electrons. The number of piperidine rings is 1. The quantitative estimate of drug-likeness (QED) is 0.348. The minimum absolute atomic E-state index is 0.218. The number of carboxylic acids is 1. The average molecular weight is 568 g/mol. The summed E-state index contributed by atoms with van der Waals surface area (Å²) in [5, 5.41) is 9.55. The van der Waals surface area contributed by atoms with Crippen LogP contribution in [0.4, 0.5) is 0 Å². The Labute approximate surface area is 246 Å². The van der Waals surface area contributed by atoms with E-state index in [1.807, 2.05) is 36.5 Å². The molecule has 218 valence electrons. The first-order valence-corrected chi connectivity index (χ1v) is 15.1. The molecule has 0 bridgehead atoms. The van der Waals surface area contributed by atoms with Crippen LogP contribution in [0.5, 0.6) is 5.88 Å². The van der Waals surface area contributed by atoms with Crippen molar-refractivity contribution in [2.24, 2.45) is 0 Å². The lowest BCUT2D eigenvalue weighted by Crippen LogP contribution is -2.36. The van der Waals surface area contributed by atoms with Gasteiger partial charge in [0.1, 0.15) is 6.61 Å². The van der Waals surface area contributed by atoms with Gasteiger partial charge in [-0.3, -0.25) is 9.88 Å². The molecule has 2 atom stereocenters. The molecular formula is C34H37N3O5. The number of nitrogens with zero attached hydrogens (tertiary/aromatic N) is 3. The van der Waals surface area contributed by atoms with Crippen LogP contribution >= 0.6 is 0 Å². The zero-order chi connectivity index (χ0) is 28.5. The van der Waals surface area contributed by atoms with Crippen LogP contribution in [0.3, 0.4) is 0 Å². The van der Waals surface area contributed by atoms with Gasteiger partial charge in [0.25, 0.3) is 0 Å². The van der Waals surface area contributed by atoms with Crippen LogP contribution < -0.4 is 4.74 Å². The first-order chi connectivity index (χ1) is 20.6. The van der Waals surface area contributed by atoms with Crippen LogP contribution in [-0.4, -0.2) is 71.5 Å². The molecule has 1 unspecified atom stereocenters. The maximum absolute atomic E-state index is 11.6. The van der Waals surface area contributed by atoms with Gasteiger partial charge >= 0.3 is 5.97 Å². The van der Waals surface area contributed by atoms with E-state index in [0.29, 0.717) is 29.9 Å². The molecule has 0 spiro atoms. The number of benzene rings is 1. The number of pyridine rings is 2. The van der Waals surface area contributed by atoms with Gasteiger partial charge in [0.05, 0.1) is 30.6 Å². The SMILES string of the molecule is O=C(O)c1ccc2c(c1)C(C[C@@H]1CCO1)C(CN1CCC(c3cccc(OCc4ccc(C5COC5)cn4)n3)CC1)=C2. The van der Waals surface area contributed by atoms with Gasteiger partial charge in [0.2, 0.25) is 5.88 Å². The third-order valence-corrected chi connectivity index (χ3v) is 9.27. The third-order valence-electron chi connectivity index (χ3n) is 9.27. The van der Waals surface area contributed by atoms with Crippen LogP contribution in [0.1, 0.15) is 81.9 Å². The zero-order valence-electron chi connectivity index (χ0n) is 23.8.